The zero-order valence-electron chi connectivity index (χ0n) is 9.87. The van der Waals surface area contributed by atoms with E-state index in [0.29, 0.717) is 5.92 Å². The van der Waals surface area contributed by atoms with Crippen molar-refractivity contribution in [1.82, 2.24) is 5.32 Å². The zero-order chi connectivity index (χ0) is 11.4. The Morgan fingerprint density at radius 2 is 2.12 bits per heavy atom. The van der Waals surface area contributed by atoms with Gasteiger partial charge in [0.25, 0.3) is 0 Å². The smallest absolute Gasteiger partial charge is 0.240 e. The van der Waals surface area contributed by atoms with Gasteiger partial charge in [0, 0.05) is 6.54 Å². The first-order valence-corrected chi connectivity index (χ1v) is 6.43. The highest BCUT2D eigenvalue weighted by Crippen LogP contribution is 2.27. The highest BCUT2D eigenvalue weighted by Gasteiger charge is 2.36. The van der Waals surface area contributed by atoms with Crippen molar-refractivity contribution in [3.8, 4) is 0 Å². The summed E-state index contributed by atoms with van der Waals surface area (Å²) >= 11 is 0. The fourth-order valence-electron chi connectivity index (χ4n) is 2.69. The number of carbonyl (C=O) groups excluding carboxylic acids is 1. The summed E-state index contributed by atoms with van der Waals surface area (Å²) in [6.07, 6.45) is 11.8. The molecule has 1 unspecified atom stereocenters. The average molecular weight is 222 g/mol. The maximum absolute atomic E-state index is 12.0. The molecule has 90 valence electrons. The monoisotopic (exact) mass is 222 g/mol. The molecule has 1 amide bonds. The second-order valence-corrected chi connectivity index (χ2v) is 5.22. The molecule has 0 heterocycles. The van der Waals surface area contributed by atoms with Crippen LogP contribution in [0.3, 0.4) is 0 Å². The van der Waals surface area contributed by atoms with Crippen LogP contribution < -0.4 is 11.1 Å². The van der Waals surface area contributed by atoms with E-state index in [2.05, 4.69) is 17.5 Å². The molecule has 3 nitrogen and oxygen atoms in total. The van der Waals surface area contributed by atoms with E-state index < -0.39 is 5.54 Å². The number of nitrogens with one attached hydrogen (secondary N) is 1. The average Bonchev–Trinajstić information content (AvgIpc) is 2.76. The number of hydrogen-bond acceptors (Lipinski definition) is 2. The van der Waals surface area contributed by atoms with Crippen molar-refractivity contribution in [2.75, 3.05) is 6.54 Å². The van der Waals surface area contributed by atoms with Crippen LogP contribution in [0.5, 0.6) is 0 Å². The van der Waals surface area contributed by atoms with Crippen LogP contribution in [0, 0.1) is 5.92 Å². The molecule has 3 heteroatoms. The minimum absolute atomic E-state index is 0.0690. The van der Waals surface area contributed by atoms with E-state index >= 15 is 0 Å². The SMILES string of the molecule is NC1(C(=O)NCC2CC=CCC2)CCCC1. The van der Waals surface area contributed by atoms with Crippen molar-refractivity contribution in [2.24, 2.45) is 11.7 Å². The molecule has 1 atom stereocenters. The van der Waals surface area contributed by atoms with E-state index in [1.807, 2.05) is 0 Å². The van der Waals surface area contributed by atoms with Gasteiger partial charge in [-0.3, -0.25) is 4.79 Å². The first kappa shape index (κ1) is 11.6. The van der Waals surface area contributed by atoms with Crippen LogP contribution in [0.1, 0.15) is 44.9 Å². The second kappa shape index (κ2) is 5.00. The quantitative estimate of drug-likeness (QED) is 0.714. The van der Waals surface area contributed by atoms with E-state index in [-0.39, 0.29) is 5.91 Å². The summed E-state index contributed by atoms with van der Waals surface area (Å²) in [5, 5.41) is 3.04. The molecular formula is C13H22N2O. The van der Waals surface area contributed by atoms with Gasteiger partial charge in [-0.15, -0.1) is 0 Å². The highest BCUT2D eigenvalue weighted by molar-refractivity contribution is 5.86. The van der Waals surface area contributed by atoms with Gasteiger partial charge >= 0.3 is 0 Å². The molecule has 1 saturated carbocycles. The standard InChI is InChI=1S/C13H22N2O/c14-13(8-4-5-9-13)12(16)15-10-11-6-2-1-3-7-11/h1-2,11H,3-10,14H2,(H,15,16). The molecule has 0 aromatic carbocycles. The van der Waals surface area contributed by atoms with Gasteiger partial charge in [-0.05, 0) is 38.0 Å². The molecule has 3 N–H and O–H groups in total. The van der Waals surface area contributed by atoms with Crippen LogP contribution in [-0.2, 0) is 4.79 Å². The minimum Gasteiger partial charge on any atom is -0.354 e. The number of hydrogen-bond donors (Lipinski definition) is 2. The number of amides is 1. The zero-order valence-corrected chi connectivity index (χ0v) is 9.87. The maximum Gasteiger partial charge on any atom is 0.240 e. The number of nitrogens with two attached hydrogens (primary N) is 1. The van der Waals surface area contributed by atoms with Crippen molar-refractivity contribution >= 4 is 5.91 Å². The van der Waals surface area contributed by atoms with E-state index in [1.54, 1.807) is 0 Å². The van der Waals surface area contributed by atoms with E-state index in [0.717, 1.165) is 45.1 Å². The molecule has 0 radical (unpaired) electrons. The van der Waals surface area contributed by atoms with Crippen molar-refractivity contribution in [2.45, 2.75) is 50.5 Å². The molecule has 2 rings (SSSR count). The van der Waals surface area contributed by atoms with Gasteiger partial charge in [-0.2, -0.15) is 0 Å². The molecule has 2 aliphatic rings. The van der Waals surface area contributed by atoms with Crippen molar-refractivity contribution in [1.29, 1.82) is 0 Å². The Hall–Kier alpha value is -0.830. The lowest BCUT2D eigenvalue weighted by molar-refractivity contribution is -0.126. The third kappa shape index (κ3) is 2.64. The Balaban J connectivity index is 1.76. The van der Waals surface area contributed by atoms with Crippen LogP contribution >= 0.6 is 0 Å². The predicted octanol–water partition coefficient (Wildman–Crippen LogP) is 1.73. The third-order valence-electron chi connectivity index (χ3n) is 3.88. The summed E-state index contributed by atoms with van der Waals surface area (Å²) in [6, 6.07) is 0. The van der Waals surface area contributed by atoms with Crippen LogP contribution in [0.2, 0.25) is 0 Å². The molecule has 0 spiro atoms. The lowest BCUT2D eigenvalue weighted by atomic mass is 9.93. The first-order chi connectivity index (χ1) is 7.71. The molecule has 0 aromatic rings. The summed E-state index contributed by atoms with van der Waals surface area (Å²) in [6.45, 7) is 0.794. The van der Waals surface area contributed by atoms with Gasteiger partial charge in [-0.25, -0.2) is 0 Å². The van der Waals surface area contributed by atoms with Gasteiger partial charge in [-0.1, -0.05) is 25.0 Å². The number of rotatable bonds is 3. The number of allylic oxidation sites excluding steroid dienone is 2. The fourth-order valence-corrected chi connectivity index (χ4v) is 2.69. The Morgan fingerprint density at radius 1 is 1.38 bits per heavy atom. The lowest BCUT2D eigenvalue weighted by Crippen LogP contribution is -2.52. The molecule has 0 aliphatic heterocycles. The van der Waals surface area contributed by atoms with Crippen LogP contribution in [0.25, 0.3) is 0 Å². The summed E-state index contributed by atoms with van der Waals surface area (Å²) in [5.41, 5.74) is 5.53. The predicted molar refractivity (Wildman–Crippen MR) is 64.9 cm³/mol. The topological polar surface area (TPSA) is 55.1 Å². The van der Waals surface area contributed by atoms with Gasteiger partial charge in [0.15, 0.2) is 0 Å². The molecule has 0 bridgehead atoms. The van der Waals surface area contributed by atoms with E-state index in [4.69, 9.17) is 5.73 Å². The third-order valence-corrected chi connectivity index (χ3v) is 3.88. The molecule has 1 fully saturated rings. The largest absolute Gasteiger partial charge is 0.354 e. The summed E-state index contributed by atoms with van der Waals surface area (Å²) < 4.78 is 0. The van der Waals surface area contributed by atoms with Crippen molar-refractivity contribution in [3.63, 3.8) is 0 Å². The Kier molecular flexibility index (Phi) is 3.64. The van der Waals surface area contributed by atoms with Crippen molar-refractivity contribution in [3.05, 3.63) is 12.2 Å². The molecule has 16 heavy (non-hydrogen) atoms. The Labute approximate surface area is 97.5 Å². The maximum atomic E-state index is 12.0. The summed E-state index contributed by atoms with van der Waals surface area (Å²) in [5.74, 6) is 0.679. The van der Waals surface area contributed by atoms with Gasteiger partial charge in [0.1, 0.15) is 0 Å². The van der Waals surface area contributed by atoms with E-state index in [1.165, 1.54) is 6.42 Å². The molecule has 0 saturated heterocycles. The molecular weight excluding hydrogens is 200 g/mol. The van der Waals surface area contributed by atoms with Crippen LogP contribution in [0.4, 0.5) is 0 Å². The van der Waals surface area contributed by atoms with Crippen LogP contribution in [0.15, 0.2) is 12.2 Å². The van der Waals surface area contributed by atoms with Crippen molar-refractivity contribution < 1.29 is 4.79 Å². The second-order valence-electron chi connectivity index (χ2n) is 5.22. The number of carbonyl (C=O) groups is 1. The minimum atomic E-state index is -0.565. The molecule has 2 aliphatic carbocycles. The summed E-state index contributed by atoms with van der Waals surface area (Å²) in [7, 11) is 0. The normalized spacial score (nSPS) is 27.9. The highest BCUT2D eigenvalue weighted by atomic mass is 16.2. The Morgan fingerprint density at radius 3 is 2.75 bits per heavy atom. The fraction of sp³-hybridized carbons (Fsp3) is 0.769. The van der Waals surface area contributed by atoms with E-state index in [9.17, 15) is 4.79 Å². The lowest BCUT2D eigenvalue weighted by Gasteiger charge is -2.25. The summed E-state index contributed by atoms with van der Waals surface area (Å²) in [4.78, 5) is 12.0. The van der Waals surface area contributed by atoms with Gasteiger partial charge in [0.05, 0.1) is 5.54 Å². The Bertz CT molecular complexity index is 280. The van der Waals surface area contributed by atoms with Gasteiger partial charge < -0.3 is 11.1 Å². The van der Waals surface area contributed by atoms with Gasteiger partial charge in [0.2, 0.25) is 5.91 Å². The first-order valence-electron chi connectivity index (χ1n) is 6.43. The molecule has 0 aromatic heterocycles. The van der Waals surface area contributed by atoms with Crippen LogP contribution in [-0.4, -0.2) is 18.0 Å².